The van der Waals surface area contributed by atoms with Gasteiger partial charge in [-0.2, -0.15) is 0 Å². The van der Waals surface area contributed by atoms with Gasteiger partial charge in [-0.25, -0.2) is 12.8 Å². The van der Waals surface area contributed by atoms with Crippen molar-refractivity contribution >= 4 is 38.8 Å². The zero-order valence-corrected chi connectivity index (χ0v) is 17.2. The van der Waals surface area contributed by atoms with Crippen LogP contribution in [0, 0.1) is 17.7 Å². The summed E-state index contributed by atoms with van der Waals surface area (Å²) in [6, 6.07) is 12.5. The Morgan fingerprint density at radius 1 is 1.00 bits per heavy atom. The Balaban J connectivity index is 0.00000205. The van der Waals surface area contributed by atoms with Crippen LogP contribution in [0.3, 0.4) is 0 Å². The van der Waals surface area contributed by atoms with Crippen LogP contribution in [0.4, 0.5) is 10.1 Å². The Hall–Kier alpha value is -2.22. The second-order valence-electron chi connectivity index (χ2n) is 7.56. The molecule has 29 heavy (non-hydrogen) atoms. The van der Waals surface area contributed by atoms with E-state index < -0.39 is 15.7 Å². The minimum absolute atomic E-state index is 0. The fourth-order valence-corrected chi connectivity index (χ4v) is 5.62. The van der Waals surface area contributed by atoms with E-state index in [1.54, 1.807) is 6.07 Å². The van der Waals surface area contributed by atoms with E-state index in [0.29, 0.717) is 11.8 Å². The first-order chi connectivity index (χ1) is 13.5. The largest absolute Gasteiger partial charge is 0.369 e. The molecule has 3 aromatic rings. The molecule has 5 nitrogen and oxygen atoms in total. The molecule has 1 aromatic heterocycles. The minimum Gasteiger partial charge on any atom is -0.369 e. The third-order valence-corrected chi connectivity index (χ3v) is 7.53. The molecular weight excluding hydrogens is 413 g/mol. The lowest BCUT2D eigenvalue weighted by molar-refractivity contribution is 0.533. The first-order valence-corrected chi connectivity index (χ1v) is 10.9. The predicted molar refractivity (Wildman–Crippen MR) is 113 cm³/mol. The van der Waals surface area contributed by atoms with Crippen LogP contribution in [0.5, 0.6) is 0 Å². The normalized spacial score (nSPS) is 21.2. The van der Waals surface area contributed by atoms with E-state index in [0.717, 1.165) is 48.8 Å². The van der Waals surface area contributed by atoms with Gasteiger partial charge in [0.1, 0.15) is 5.82 Å². The van der Waals surface area contributed by atoms with Crippen LogP contribution in [0.2, 0.25) is 0 Å². The van der Waals surface area contributed by atoms with Gasteiger partial charge in [0.25, 0.3) is 0 Å². The molecule has 152 valence electrons. The van der Waals surface area contributed by atoms with Crippen molar-refractivity contribution in [2.45, 2.75) is 9.79 Å². The average molecular weight is 434 g/mol. The zero-order valence-electron chi connectivity index (χ0n) is 15.6. The second-order valence-corrected chi connectivity index (χ2v) is 9.51. The fraction of sp³-hybridized carbons (Fsp3) is 0.286. The lowest BCUT2D eigenvalue weighted by Crippen LogP contribution is -2.25. The monoisotopic (exact) mass is 433 g/mol. The van der Waals surface area contributed by atoms with E-state index in [9.17, 15) is 12.8 Å². The zero-order chi connectivity index (χ0) is 19.3. The van der Waals surface area contributed by atoms with Crippen molar-refractivity contribution in [2.75, 3.05) is 31.1 Å². The van der Waals surface area contributed by atoms with Crippen molar-refractivity contribution in [1.29, 1.82) is 0 Å². The van der Waals surface area contributed by atoms with Gasteiger partial charge in [0.15, 0.2) is 0 Å². The molecule has 0 unspecified atom stereocenters. The molecule has 8 heteroatoms. The average Bonchev–Trinajstić information content (AvgIpc) is 3.29. The van der Waals surface area contributed by atoms with Gasteiger partial charge in [-0.3, -0.25) is 4.98 Å². The summed E-state index contributed by atoms with van der Waals surface area (Å²) in [5.41, 5.74) is 1.84. The maximum atomic E-state index is 13.5. The molecule has 0 spiro atoms. The van der Waals surface area contributed by atoms with Crippen LogP contribution in [0.1, 0.15) is 0 Å². The molecule has 0 bridgehead atoms. The smallest absolute Gasteiger partial charge is 0.208 e. The molecule has 2 fully saturated rings. The number of para-hydroxylation sites is 1. The predicted octanol–water partition coefficient (Wildman–Crippen LogP) is 3.28. The number of rotatable bonds is 3. The van der Waals surface area contributed by atoms with Gasteiger partial charge >= 0.3 is 0 Å². The second kappa shape index (κ2) is 7.55. The van der Waals surface area contributed by atoms with Gasteiger partial charge in [0.2, 0.25) is 9.84 Å². The van der Waals surface area contributed by atoms with Crippen LogP contribution in [0.25, 0.3) is 10.9 Å². The van der Waals surface area contributed by atoms with Crippen molar-refractivity contribution in [3.8, 4) is 0 Å². The highest BCUT2D eigenvalue weighted by Gasteiger charge is 2.36. The molecule has 1 N–H and O–H groups in total. The van der Waals surface area contributed by atoms with Crippen LogP contribution in [0.15, 0.2) is 64.5 Å². The molecule has 0 amide bonds. The van der Waals surface area contributed by atoms with E-state index in [4.69, 9.17) is 0 Å². The first kappa shape index (κ1) is 20.1. The minimum atomic E-state index is -3.82. The van der Waals surface area contributed by atoms with Crippen molar-refractivity contribution in [3.05, 3.63) is 60.5 Å². The van der Waals surface area contributed by atoms with E-state index >= 15 is 0 Å². The molecular formula is C21H21ClFN3O2S. The highest BCUT2D eigenvalue weighted by atomic mass is 35.5. The Kier molecular flexibility index (Phi) is 5.23. The number of sulfone groups is 1. The van der Waals surface area contributed by atoms with Gasteiger partial charge in [-0.05, 0) is 42.2 Å². The van der Waals surface area contributed by atoms with Crippen LogP contribution in [-0.4, -0.2) is 39.6 Å². The van der Waals surface area contributed by atoms with Gasteiger partial charge in [0.05, 0.1) is 21.0 Å². The van der Waals surface area contributed by atoms with Crippen LogP contribution >= 0.6 is 12.4 Å². The summed E-state index contributed by atoms with van der Waals surface area (Å²) < 4.78 is 39.3. The number of pyridine rings is 1. The molecule has 3 heterocycles. The van der Waals surface area contributed by atoms with Crippen molar-refractivity contribution < 1.29 is 12.8 Å². The number of halogens is 2. The summed E-state index contributed by atoms with van der Waals surface area (Å²) in [5.74, 6) is 0.733. The number of hydrogen-bond donors (Lipinski definition) is 1. The standard InChI is InChI=1S/C21H20FN3O2S.ClH/c22-17-4-2-5-18(8-17)28(26,27)19-7-14-3-1-6-20(21(14)24-11-19)25-12-15-9-23-10-16(15)13-25;/h1-8,11,15-16,23H,9-10,12-13H2;1H/t15-,16+;. The Bertz CT molecular complexity index is 1160. The summed E-state index contributed by atoms with van der Waals surface area (Å²) in [7, 11) is -3.82. The van der Waals surface area contributed by atoms with Gasteiger partial charge in [-0.1, -0.05) is 18.2 Å². The van der Waals surface area contributed by atoms with E-state index in [1.165, 1.54) is 24.4 Å². The Morgan fingerprint density at radius 3 is 2.45 bits per heavy atom. The Labute approximate surface area is 175 Å². The van der Waals surface area contributed by atoms with Crippen LogP contribution < -0.4 is 10.2 Å². The first-order valence-electron chi connectivity index (χ1n) is 9.37. The molecule has 2 aliphatic rings. The van der Waals surface area contributed by atoms with E-state index in [1.807, 2.05) is 18.2 Å². The maximum Gasteiger partial charge on any atom is 0.208 e. The molecule has 0 radical (unpaired) electrons. The molecule has 5 rings (SSSR count). The number of nitrogens with zero attached hydrogens (tertiary/aromatic N) is 2. The maximum absolute atomic E-state index is 13.5. The summed E-state index contributed by atoms with van der Waals surface area (Å²) in [5, 5.41) is 4.21. The quantitative estimate of drug-likeness (QED) is 0.686. The molecule has 0 saturated carbocycles. The lowest BCUT2D eigenvalue weighted by atomic mass is 10.0. The SMILES string of the molecule is Cl.O=S(=O)(c1cccc(F)c1)c1cnc2c(N3C[C@H]4CNC[C@H]4C3)cccc2c1. The van der Waals surface area contributed by atoms with E-state index in [2.05, 4.69) is 15.2 Å². The fourth-order valence-electron chi connectivity index (χ4n) is 4.35. The van der Waals surface area contributed by atoms with Crippen LogP contribution in [-0.2, 0) is 9.84 Å². The van der Waals surface area contributed by atoms with Gasteiger partial charge < -0.3 is 10.2 Å². The summed E-state index contributed by atoms with van der Waals surface area (Å²) in [6.07, 6.45) is 1.38. The number of fused-ring (bicyclic) bond motifs is 2. The van der Waals surface area contributed by atoms with Crippen molar-refractivity contribution in [1.82, 2.24) is 10.3 Å². The topological polar surface area (TPSA) is 62.3 Å². The Morgan fingerprint density at radius 2 is 1.72 bits per heavy atom. The number of benzene rings is 2. The van der Waals surface area contributed by atoms with E-state index in [-0.39, 0.29) is 22.2 Å². The summed E-state index contributed by atoms with van der Waals surface area (Å²) in [4.78, 5) is 6.87. The highest BCUT2D eigenvalue weighted by molar-refractivity contribution is 7.91. The molecule has 2 atom stereocenters. The summed E-state index contributed by atoms with van der Waals surface area (Å²) >= 11 is 0. The molecule has 2 saturated heterocycles. The lowest BCUT2D eigenvalue weighted by Gasteiger charge is -2.21. The number of anilines is 1. The molecule has 0 aliphatic carbocycles. The third kappa shape index (κ3) is 3.47. The number of nitrogens with one attached hydrogen (secondary N) is 1. The van der Waals surface area contributed by atoms with Gasteiger partial charge in [0, 0.05) is 37.8 Å². The van der Waals surface area contributed by atoms with Gasteiger partial charge in [-0.15, -0.1) is 12.4 Å². The van der Waals surface area contributed by atoms with Crippen molar-refractivity contribution in [2.24, 2.45) is 11.8 Å². The highest BCUT2D eigenvalue weighted by Crippen LogP contribution is 2.34. The third-order valence-electron chi connectivity index (χ3n) is 5.81. The number of hydrogen-bond acceptors (Lipinski definition) is 5. The molecule has 2 aliphatic heterocycles. The molecule has 2 aromatic carbocycles. The summed E-state index contributed by atoms with van der Waals surface area (Å²) in [6.45, 7) is 4.08. The van der Waals surface area contributed by atoms with Crippen molar-refractivity contribution in [3.63, 3.8) is 0 Å². The number of aromatic nitrogens is 1.